The van der Waals surface area contributed by atoms with Crippen LogP contribution in [0.5, 0.6) is 0 Å². The first-order chi connectivity index (χ1) is 6.75. The van der Waals surface area contributed by atoms with Gasteiger partial charge in [-0.15, -0.1) is 5.06 Å². The molecule has 0 aliphatic carbocycles. The Labute approximate surface area is 88.5 Å². The fourth-order valence-electron chi connectivity index (χ4n) is 1.33. The van der Waals surface area contributed by atoms with Crippen molar-refractivity contribution in [2.45, 2.75) is 0 Å². The van der Waals surface area contributed by atoms with Crippen LogP contribution in [-0.4, -0.2) is 22.4 Å². The van der Waals surface area contributed by atoms with Gasteiger partial charge in [-0.3, -0.25) is 14.4 Å². The van der Waals surface area contributed by atoms with Gasteiger partial charge in [0, 0.05) is 0 Å². The molecule has 2 rings (SSSR count). The smallest absolute Gasteiger partial charge is 0.266 e. The number of hydrogen-bond donors (Lipinski definition) is 0. The van der Waals surface area contributed by atoms with Crippen LogP contribution in [0.4, 0.5) is 0 Å². The summed E-state index contributed by atoms with van der Waals surface area (Å²) in [5.41, 5.74) is 0.884. The standard InChI is InChI=1S/C9H6BrNO3/c10-5-14-11-8(12)6-3-1-2-4-7(6)9(11)13/h1-4H,5H2. The minimum absolute atomic E-state index is 0.110. The summed E-state index contributed by atoms with van der Waals surface area (Å²) in [6.45, 7) is 0. The van der Waals surface area contributed by atoms with E-state index in [0.29, 0.717) is 11.1 Å². The number of carbonyl (C=O) groups is 2. The molecule has 0 fully saturated rings. The van der Waals surface area contributed by atoms with Crippen molar-refractivity contribution < 1.29 is 14.4 Å². The molecule has 0 atom stereocenters. The molecule has 1 aromatic rings. The number of amides is 2. The molecule has 0 aromatic heterocycles. The number of hydroxylamine groups is 2. The maximum absolute atomic E-state index is 11.6. The van der Waals surface area contributed by atoms with Crippen LogP contribution < -0.4 is 0 Å². The minimum Gasteiger partial charge on any atom is -0.266 e. The van der Waals surface area contributed by atoms with Gasteiger partial charge in [0.1, 0.15) is 5.52 Å². The summed E-state index contributed by atoms with van der Waals surface area (Å²) in [7, 11) is 0. The van der Waals surface area contributed by atoms with Crippen molar-refractivity contribution >= 4 is 27.7 Å². The fourth-order valence-corrected chi connectivity index (χ4v) is 1.54. The van der Waals surface area contributed by atoms with Gasteiger partial charge in [-0.05, 0) is 12.1 Å². The zero-order valence-corrected chi connectivity index (χ0v) is 8.65. The lowest BCUT2D eigenvalue weighted by Crippen LogP contribution is -2.29. The highest BCUT2D eigenvalue weighted by atomic mass is 79.9. The van der Waals surface area contributed by atoms with Crippen LogP contribution in [0.1, 0.15) is 20.7 Å². The Morgan fingerprint density at radius 3 is 2.07 bits per heavy atom. The van der Waals surface area contributed by atoms with Gasteiger partial charge in [0.2, 0.25) is 0 Å². The lowest BCUT2D eigenvalue weighted by molar-refractivity contribution is -0.0700. The molecule has 1 aliphatic rings. The van der Waals surface area contributed by atoms with Gasteiger partial charge in [0.15, 0.2) is 0 Å². The highest BCUT2D eigenvalue weighted by Gasteiger charge is 2.36. The molecule has 0 spiro atoms. The van der Waals surface area contributed by atoms with Crippen molar-refractivity contribution in [2.75, 3.05) is 5.52 Å². The number of alkyl halides is 1. The number of fused-ring (bicyclic) bond motifs is 1. The van der Waals surface area contributed by atoms with Crippen LogP contribution in [0.15, 0.2) is 24.3 Å². The summed E-state index contributed by atoms with van der Waals surface area (Å²) in [5.74, 6) is -0.824. The third-order valence-electron chi connectivity index (χ3n) is 1.93. The Balaban J connectivity index is 2.43. The molecule has 1 aliphatic heterocycles. The normalized spacial score (nSPS) is 14.8. The van der Waals surface area contributed by atoms with Crippen molar-refractivity contribution in [3.63, 3.8) is 0 Å². The SMILES string of the molecule is O=C1c2ccccc2C(=O)N1OCBr. The highest BCUT2D eigenvalue weighted by Crippen LogP contribution is 2.22. The summed E-state index contributed by atoms with van der Waals surface area (Å²) < 4.78 is 0. The minimum atomic E-state index is -0.412. The van der Waals surface area contributed by atoms with E-state index in [4.69, 9.17) is 4.84 Å². The molecule has 0 bridgehead atoms. The van der Waals surface area contributed by atoms with E-state index in [1.807, 2.05) is 0 Å². The van der Waals surface area contributed by atoms with E-state index in [0.717, 1.165) is 5.06 Å². The van der Waals surface area contributed by atoms with Gasteiger partial charge in [0.05, 0.1) is 11.1 Å². The van der Waals surface area contributed by atoms with E-state index in [9.17, 15) is 9.59 Å². The van der Waals surface area contributed by atoms with Gasteiger partial charge in [-0.2, -0.15) is 0 Å². The van der Waals surface area contributed by atoms with E-state index < -0.39 is 11.8 Å². The van der Waals surface area contributed by atoms with Gasteiger partial charge in [-0.25, -0.2) is 0 Å². The van der Waals surface area contributed by atoms with Crippen molar-refractivity contribution in [3.8, 4) is 0 Å². The van der Waals surface area contributed by atoms with E-state index in [2.05, 4.69) is 15.9 Å². The van der Waals surface area contributed by atoms with Crippen LogP contribution in [0.25, 0.3) is 0 Å². The van der Waals surface area contributed by atoms with Crippen LogP contribution in [0.3, 0.4) is 0 Å². The van der Waals surface area contributed by atoms with Crippen molar-refractivity contribution in [2.24, 2.45) is 0 Å². The predicted octanol–water partition coefficient (Wildman–Crippen LogP) is 1.57. The molecule has 4 nitrogen and oxygen atoms in total. The Morgan fingerprint density at radius 1 is 1.14 bits per heavy atom. The molecule has 0 N–H and O–H groups in total. The Kier molecular flexibility index (Phi) is 2.35. The second-order valence-corrected chi connectivity index (χ2v) is 3.15. The number of hydrogen-bond acceptors (Lipinski definition) is 3. The number of benzene rings is 1. The Morgan fingerprint density at radius 2 is 1.64 bits per heavy atom. The monoisotopic (exact) mass is 255 g/mol. The molecule has 14 heavy (non-hydrogen) atoms. The van der Waals surface area contributed by atoms with Crippen LogP contribution in [0, 0.1) is 0 Å². The lowest BCUT2D eigenvalue weighted by Gasteiger charge is -2.09. The molecule has 1 aromatic carbocycles. The first-order valence-corrected chi connectivity index (χ1v) is 5.04. The molecule has 0 saturated carbocycles. The summed E-state index contributed by atoms with van der Waals surface area (Å²) in [6, 6.07) is 6.63. The van der Waals surface area contributed by atoms with E-state index in [1.54, 1.807) is 24.3 Å². The number of carbonyl (C=O) groups excluding carboxylic acids is 2. The number of nitrogens with zero attached hydrogens (tertiary/aromatic N) is 1. The molecule has 5 heteroatoms. The van der Waals surface area contributed by atoms with Crippen LogP contribution >= 0.6 is 15.9 Å². The third kappa shape index (κ3) is 1.25. The Bertz CT molecular complexity index is 370. The first kappa shape index (κ1) is 9.36. The summed E-state index contributed by atoms with van der Waals surface area (Å²) >= 11 is 2.99. The van der Waals surface area contributed by atoms with Gasteiger partial charge in [-0.1, -0.05) is 28.1 Å². The summed E-state index contributed by atoms with van der Waals surface area (Å²) in [5, 5.41) is 0.763. The number of halogens is 1. The zero-order chi connectivity index (χ0) is 10.1. The molecule has 0 unspecified atom stereocenters. The van der Waals surface area contributed by atoms with E-state index in [-0.39, 0.29) is 5.52 Å². The molecule has 0 saturated heterocycles. The average molecular weight is 256 g/mol. The largest absolute Gasteiger partial charge is 0.285 e. The van der Waals surface area contributed by atoms with Gasteiger partial charge in [0.25, 0.3) is 11.8 Å². The predicted molar refractivity (Wildman–Crippen MR) is 51.8 cm³/mol. The fraction of sp³-hybridized carbons (Fsp3) is 0.111. The average Bonchev–Trinajstić information content (AvgIpc) is 2.45. The van der Waals surface area contributed by atoms with Crippen molar-refractivity contribution in [3.05, 3.63) is 35.4 Å². The highest BCUT2D eigenvalue weighted by molar-refractivity contribution is 9.09. The van der Waals surface area contributed by atoms with Crippen molar-refractivity contribution in [1.29, 1.82) is 0 Å². The maximum Gasteiger partial charge on any atom is 0.285 e. The second-order valence-electron chi connectivity index (χ2n) is 2.69. The molecule has 0 radical (unpaired) electrons. The van der Waals surface area contributed by atoms with Gasteiger partial charge >= 0.3 is 0 Å². The second kappa shape index (κ2) is 3.51. The summed E-state index contributed by atoms with van der Waals surface area (Å²) in [4.78, 5) is 28.0. The summed E-state index contributed by atoms with van der Waals surface area (Å²) in [6.07, 6.45) is 0. The molecular formula is C9H6BrNO3. The molecular weight excluding hydrogens is 250 g/mol. The number of rotatable bonds is 2. The molecule has 1 heterocycles. The van der Waals surface area contributed by atoms with E-state index in [1.165, 1.54) is 0 Å². The topological polar surface area (TPSA) is 46.6 Å². The van der Waals surface area contributed by atoms with Crippen LogP contribution in [0.2, 0.25) is 0 Å². The zero-order valence-electron chi connectivity index (χ0n) is 7.07. The maximum atomic E-state index is 11.6. The van der Waals surface area contributed by atoms with Crippen molar-refractivity contribution in [1.82, 2.24) is 5.06 Å². The molecule has 72 valence electrons. The quantitative estimate of drug-likeness (QED) is 0.596. The lowest BCUT2D eigenvalue weighted by atomic mass is 10.1. The van der Waals surface area contributed by atoms with E-state index >= 15 is 0 Å². The first-order valence-electron chi connectivity index (χ1n) is 3.92. The molecule has 2 amide bonds. The third-order valence-corrected chi connectivity index (χ3v) is 2.14. The Hall–Kier alpha value is -1.20. The number of imide groups is 1. The van der Waals surface area contributed by atoms with Crippen LogP contribution in [-0.2, 0) is 4.84 Å². The van der Waals surface area contributed by atoms with Gasteiger partial charge < -0.3 is 0 Å².